The van der Waals surface area contributed by atoms with Crippen molar-refractivity contribution in [1.29, 1.82) is 0 Å². The highest BCUT2D eigenvalue weighted by atomic mass is 16.6. The molecule has 4 heteroatoms. The number of hydrogen-bond donors (Lipinski definition) is 1. The average molecular weight is 201 g/mol. The van der Waals surface area contributed by atoms with Crippen LogP contribution in [0, 0.1) is 5.92 Å². The van der Waals surface area contributed by atoms with Crippen LogP contribution >= 0.6 is 0 Å². The van der Waals surface area contributed by atoms with Crippen LogP contribution in [0.2, 0.25) is 0 Å². The van der Waals surface area contributed by atoms with Crippen LogP contribution in [0.5, 0.6) is 0 Å². The monoisotopic (exact) mass is 201 g/mol. The van der Waals surface area contributed by atoms with Gasteiger partial charge in [-0.05, 0) is 18.9 Å². The molecular formula is C10H19NO3. The summed E-state index contributed by atoms with van der Waals surface area (Å²) < 4.78 is 10.9. The smallest absolute Gasteiger partial charge is 0.0936 e. The van der Waals surface area contributed by atoms with Crippen molar-refractivity contribution in [3.05, 3.63) is 0 Å². The molecule has 0 aromatic rings. The molecule has 2 heterocycles. The summed E-state index contributed by atoms with van der Waals surface area (Å²) in [5, 5.41) is 9.01. The van der Waals surface area contributed by atoms with Crippen molar-refractivity contribution in [2.24, 2.45) is 5.92 Å². The number of aliphatic hydroxyl groups excluding tert-OH is 1. The van der Waals surface area contributed by atoms with E-state index in [-0.39, 0.29) is 6.10 Å². The van der Waals surface area contributed by atoms with Crippen molar-refractivity contribution in [2.75, 3.05) is 46.1 Å². The number of aliphatic hydroxyl groups is 1. The molecule has 1 N–H and O–H groups in total. The Hall–Kier alpha value is -0.160. The molecule has 0 bridgehead atoms. The van der Waals surface area contributed by atoms with E-state index in [1.165, 1.54) is 0 Å². The SMILES string of the molecule is OCC1CCN(CC2COCCO2)C1. The Bertz CT molecular complexity index is 171. The van der Waals surface area contributed by atoms with E-state index in [2.05, 4.69) is 4.90 Å². The van der Waals surface area contributed by atoms with Gasteiger partial charge in [-0.15, -0.1) is 0 Å². The summed E-state index contributed by atoms with van der Waals surface area (Å²) in [6.45, 7) is 5.55. The summed E-state index contributed by atoms with van der Waals surface area (Å²) in [4.78, 5) is 2.36. The highest BCUT2D eigenvalue weighted by molar-refractivity contribution is 4.77. The normalized spacial score (nSPS) is 34.9. The lowest BCUT2D eigenvalue weighted by atomic mass is 10.1. The van der Waals surface area contributed by atoms with Gasteiger partial charge in [0.1, 0.15) is 0 Å². The number of likely N-dealkylation sites (tertiary alicyclic amines) is 1. The van der Waals surface area contributed by atoms with Crippen LogP contribution in [0.15, 0.2) is 0 Å². The van der Waals surface area contributed by atoms with Gasteiger partial charge in [0.15, 0.2) is 0 Å². The van der Waals surface area contributed by atoms with E-state index < -0.39 is 0 Å². The second kappa shape index (κ2) is 5.07. The maximum absolute atomic E-state index is 9.01. The molecule has 2 atom stereocenters. The van der Waals surface area contributed by atoms with Gasteiger partial charge in [-0.1, -0.05) is 0 Å². The summed E-state index contributed by atoms with van der Waals surface area (Å²) in [5.74, 6) is 0.472. The van der Waals surface area contributed by atoms with Crippen LogP contribution in [0.25, 0.3) is 0 Å². The third-order valence-electron chi connectivity index (χ3n) is 2.97. The maximum atomic E-state index is 9.01. The Balaban J connectivity index is 1.69. The predicted molar refractivity (Wildman–Crippen MR) is 52.2 cm³/mol. The number of nitrogens with zero attached hydrogens (tertiary/aromatic N) is 1. The lowest BCUT2D eigenvalue weighted by Gasteiger charge is -2.27. The van der Waals surface area contributed by atoms with Gasteiger partial charge >= 0.3 is 0 Å². The molecule has 0 saturated carbocycles. The summed E-state index contributed by atoms with van der Waals surface area (Å²) in [7, 11) is 0. The van der Waals surface area contributed by atoms with E-state index in [1.807, 2.05) is 0 Å². The Labute approximate surface area is 84.8 Å². The van der Waals surface area contributed by atoms with Gasteiger partial charge in [0.05, 0.1) is 25.9 Å². The molecule has 0 amide bonds. The van der Waals surface area contributed by atoms with Crippen LogP contribution < -0.4 is 0 Å². The Morgan fingerprint density at radius 2 is 2.29 bits per heavy atom. The fourth-order valence-electron chi connectivity index (χ4n) is 2.16. The molecule has 2 unspecified atom stereocenters. The highest BCUT2D eigenvalue weighted by Crippen LogP contribution is 2.16. The molecule has 0 radical (unpaired) electrons. The third kappa shape index (κ3) is 2.67. The van der Waals surface area contributed by atoms with Crippen molar-refractivity contribution < 1.29 is 14.6 Å². The van der Waals surface area contributed by atoms with Crippen molar-refractivity contribution in [1.82, 2.24) is 4.90 Å². The van der Waals surface area contributed by atoms with Gasteiger partial charge in [-0.2, -0.15) is 0 Å². The van der Waals surface area contributed by atoms with Crippen molar-refractivity contribution in [2.45, 2.75) is 12.5 Å². The van der Waals surface area contributed by atoms with E-state index in [4.69, 9.17) is 14.6 Å². The number of hydrogen-bond acceptors (Lipinski definition) is 4. The lowest BCUT2D eigenvalue weighted by molar-refractivity contribution is -0.0962. The van der Waals surface area contributed by atoms with Gasteiger partial charge in [-0.25, -0.2) is 0 Å². The van der Waals surface area contributed by atoms with Gasteiger partial charge in [0.2, 0.25) is 0 Å². The van der Waals surface area contributed by atoms with Gasteiger partial charge in [0.25, 0.3) is 0 Å². The number of ether oxygens (including phenoxy) is 2. The van der Waals surface area contributed by atoms with Crippen LogP contribution in [0.4, 0.5) is 0 Å². The molecule has 2 aliphatic rings. The van der Waals surface area contributed by atoms with E-state index in [1.54, 1.807) is 0 Å². The van der Waals surface area contributed by atoms with Crippen molar-refractivity contribution in [3.8, 4) is 0 Å². The average Bonchev–Trinajstić information content (AvgIpc) is 2.67. The second-order valence-corrected chi connectivity index (χ2v) is 4.16. The molecule has 0 spiro atoms. The van der Waals surface area contributed by atoms with Crippen LogP contribution in [-0.2, 0) is 9.47 Å². The molecule has 14 heavy (non-hydrogen) atoms. The van der Waals surface area contributed by atoms with Crippen molar-refractivity contribution >= 4 is 0 Å². The van der Waals surface area contributed by atoms with Crippen LogP contribution in [-0.4, -0.2) is 62.2 Å². The first kappa shape index (κ1) is 10.4. The topological polar surface area (TPSA) is 41.9 Å². The van der Waals surface area contributed by atoms with Gasteiger partial charge in [-0.3, -0.25) is 0 Å². The Morgan fingerprint density at radius 3 is 2.93 bits per heavy atom. The summed E-state index contributed by atoms with van der Waals surface area (Å²) in [5.41, 5.74) is 0. The zero-order chi connectivity index (χ0) is 9.80. The fraction of sp³-hybridized carbons (Fsp3) is 1.00. The zero-order valence-corrected chi connectivity index (χ0v) is 8.52. The molecule has 82 valence electrons. The summed E-state index contributed by atoms with van der Waals surface area (Å²) in [6.07, 6.45) is 1.35. The Morgan fingerprint density at radius 1 is 1.36 bits per heavy atom. The standard InChI is InChI=1S/C10H19NO3/c12-7-9-1-2-11(5-9)6-10-8-13-3-4-14-10/h9-10,12H,1-8H2. The highest BCUT2D eigenvalue weighted by Gasteiger charge is 2.25. The molecule has 0 aliphatic carbocycles. The lowest BCUT2D eigenvalue weighted by Crippen LogP contribution is -2.39. The first-order chi connectivity index (χ1) is 6.88. The second-order valence-electron chi connectivity index (χ2n) is 4.16. The predicted octanol–water partition coefficient (Wildman–Crippen LogP) is -0.284. The third-order valence-corrected chi connectivity index (χ3v) is 2.97. The van der Waals surface area contributed by atoms with Crippen LogP contribution in [0.3, 0.4) is 0 Å². The molecule has 0 aromatic carbocycles. The molecule has 0 aromatic heterocycles. The minimum atomic E-state index is 0.237. The Kier molecular flexibility index (Phi) is 3.75. The molecule has 2 aliphatic heterocycles. The summed E-state index contributed by atoms with van der Waals surface area (Å²) >= 11 is 0. The molecule has 2 saturated heterocycles. The fourth-order valence-corrected chi connectivity index (χ4v) is 2.16. The molecule has 4 nitrogen and oxygen atoms in total. The van der Waals surface area contributed by atoms with E-state index in [0.29, 0.717) is 12.5 Å². The summed E-state index contributed by atoms with van der Waals surface area (Å²) in [6, 6.07) is 0. The van der Waals surface area contributed by atoms with E-state index >= 15 is 0 Å². The maximum Gasteiger partial charge on any atom is 0.0936 e. The van der Waals surface area contributed by atoms with Gasteiger partial charge in [0, 0.05) is 19.7 Å². The van der Waals surface area contributed by atoms with E-state index in [9.17, 15) is 0 Å². The minimum Gasteiger partial charge on any atom is -0.396 e. The first-order valence-electron chi connectivity index (χ1n) is 5.41. The molecule has 2 rings (SSSR count). The number of rotatable bonds is 3. The largest absolute Gasteiger partial charge is 0.396 e. The molecular weight excluding hydrogens is 182 g/mol. The quantitative estimate of drug-likeness (QED) is 0.681. The molecule has 2 fully saturated rings. The van der Waals surface area contributed by atoms with Gasteiger partial charge < -0.3 is 19.5 Å². The van der Waals surface area contributed by atoms with E-state index in [0.717, 1.165) is 45.9 Å². The zero-order valence-electron chi connectivity index (χ0n) is 8.52. The van der Waals surface area contributed by atoms with Crippen molar-refractivity contribution in [3.63, 3.8) is 0 Å². The first-order valence-corrected chi connectivity index (χ1v) is 5.41. The van der Waals surface area contributed by atoms with Crippen LogP contribution in [0.1, 0.15) is 6.42 Å². The minimum absolute atomic E-state index is 0.237.